The molecule has 0 N–H and O–H groups in total. The van der Waals surface area contributed by atoms with Gasteiger partial charge in [0.2, 0.25) is 0 Å². The molecule has 0 atom stereocenters. The molecule has 0 heterocycles. The molecule has 0 aliphatic heterocycles. The molecule has 0 bridgehead atoms. The van der Waals surface area contributed by atoms with Crippen LogP contribution in [0.3, 0.4) is 0 Å². The molecule has 0 amide bonds. The van der Waals surface area contributed by atoms with E-state index in [4.69, 9.17) is 4.74 Å². The number of rotatable bonds is 6. The Morgan fingerprint density at radius 1 is 1.27 bits per heavy atom. The molecule has 15 heavy (non-hydrogen) atoms. The molecular formula is C12H17FOS. The van der Waals surface area contributed by atoms with E-state index < -0.39 is 0 Å². The van der Waals surface area contributed by atoms with Gasteiger partial charge in [-0.3, -0.25) is 0 Å². The van der Waals surface area contributed by atoms with Crippen LogP contribution in [-0.2, 0) is 0 Å². The first-order valence-corrected chi connectivity index (χ1v) is 6.23. The van der Waals surface area contributed by atoms with Gasteiger partial charge >= 0.3 is 0 Å². The Balaban J connectivity index is 2.12. The van der Waals surface area contributed by atoms with Gasteiger partial charge in [0, 0.05) is 0 Å². The van der Waals surface area contributed by atoms with E-state index in [9.17, 15) is 4.39 Å². The van der Waals surface area contributed by atoms with E-state index in [1.807, 2.05) is 11.8 Å². The van der Waals surface area contributed by atoms with Crippen molar-refractivity contribution < 1.29 is 9.13 Å². The highest BCUT2D eigenvalue weighted by atomic mass is 32.2. The second-order valence-electron chi connectivity index (χ2n) is 3.58. The van der Waals surface area contributed by atoms with E-state index in [0.29, 0.717) is 11.9 Å². The lowest BCUT2D eigenvalue weighted by Crippen LogP contribution is -2.00. The Labute approximate surface area is 95.0 Å². The highest BCUT2D eigenvalue weighted by molar-refractivity contribution is 7.99. The van der Waals surface area contributed by atoms with Crippen LogP contribution in [0.1, 0.15) is 20.3 Å². The molecule has 1 aromatic rings. The van der Waals surface area contributed by atoms with Crippen LogP contribution in [0.25, 0.3) is 0 Å². The van der Waals surface area contributed by atoms with Crippen molar-refractivity contribution in [2.24, 2.45) is 0 Å². The maximum Gasteiger partial charge on any atom is 0.123 e. The summed E-state index contributed by atoms with van der Waals surface area (Å²) in [5.41, 5.74) is 0. The molecule has 84 valence electrons. The fraction of sp³-hybridized carbons (Fsp3) is 0.500. The van der Waals surface area contributed by atoms with E-state index in [1.165, 1.54) is 12.1 Å². The van der Waals surface area contributed by atoms with Gasteiger partial charge in [-0.15, -0.1) is 0 Å². The SMILES string of the molecule is CC(C)SCCCOc1ccc(F)cc1. The average molecular weight is 228 g/mol. The molecule has 1 aromatic carbocycles. The minimum Gasteiger partial charge on any atom is -0.494 e. The number of hydrogen-bond donors (Lipinski definition) is 0. The first-order valence-electron chi connectivity index (χ1n) is 5.18. The summed E-state index contributed by atoms with van der Waals surface area (Å²) >= 11 is 1.93. The van der Waals surface area contributed by atoms with Crippen LogP contribution in [0, 0.1) is 5.82 Å². The quantitative estimate of drug-likeness (QED) is 0.686. The van der Waals surface area contributed by atoms with Crippen LogP contribution >= 0.6 is 11.8 Å². The summed E-state index contributed by atoms with van der Waals surface area (Å²) in [6, 6.07) is 6.15. The third-order valence-corrected chi connectivity index (χ3v) is 3.01. The normalized spacial score (nSPS) is 10.7. The van der Waals surface area contributed by atoms with Crippen molar-refractivity contribution in [1.29, 1.82) is 0 Å². The Morgan fingerprint density at radius 3 is 2.53 bits per heavy atom. The van der Waals surface area contributed by atoms with Crippen LogP contribution in [0.15, 0.2) is 24.3 Å². The van der Waals surface area contributed by atoms with Crippen LogP contribution in [0.5, 0.6) is 5.75 Å². The number of halogens is 1. The number of ether oxygens (including phenoxy) is 1. The predicted octanol–water partition coefficient (Wildman–Crippen LogP) is 3.74. The Bertz CT molecular complexity index is 271. The van der Waals surface area contributed by atoms with Crippen LogP contribution < -0.4 is 4.74 Å². The second kappa shape index (κ2) is 6.72. The summed E-state index contributed by atoms with van der Waals surface area (Å²) < 4.78 is 18.0. The van der Waals surface area contributed by atoms with Gasteiger partial charge in [-0.2, -0.15) is 11.8 Å². The molecular weight excluding hydrogens is 211 g/mol. The molecule has 0 aliphatic carbocycles. The number of hydrogen-bond acceptors (Lipinski definition) is 2. The number of benzene rings is 1. The summed E-state index contributed by atoms with van der Waals surface area (Å²) in [5, 5.41) is 0.677. The molecule has 0 radical (unpaired) electrons. The first-order chi connectivity index (χ1) is 7.18. The lowest BCUT2D eigenvalue weighted by molar-refractivity contribution is 0.318. The van der Waals surface area contributed by atoms with E-state index in [2.05, 4.69) is 13.8 Å². The van der Waals surface area contributed by atoms with Gasteiger partial charge in [-0.25, -0.2) is 4.39 Å². The molecule has 0 saturated carbocycles. The molecule has 1 nitrogen and oxygen atoms in total. The summed E-state index contributed by atoms with van der Waals surface area (Å²) in [6.45, 7) is 5.07. The van der Waals surface area contributed by atoms with Crippen molar-refractivity contribution in [3.8, 4) is 5.75 Å². The van der Waals surface area contributed by atoms with Gasteiger partial charge in [-0.1, -0.05) is 13.8 Å². The fourth-order valence-electron chi connectivity index (χ4n) is 1.10. The zero-order valence-corrected chi connectivity index (χ0v) is 10.0. The van der Waals surface area contributed by atoms with E-state index in [-0.39, 0.29) is 5.82 Å². The zero-order valence-electron chi connectivity index (χ0n) is 9.20. The van der Waals surface area contributed by atoms with Crippen molar-refractivity contribution in [3.05, 3.63) is 30.1 Å². The highest BCUT2D eigenvalue weighted by Crippen LogP contribution is 2.13. The van der Waals surface area contributed by atoms with Gasteiger partial charge < -0.3 is 4.74 Å². The second-order valence-corrected chi connectivity index (χ2v) is 5.26. The molecule has 0 fully saturated rings. The summed E-state index contributed by atoms with van der Waals surface area (Å²) in [4.78, 5) is 0. The smallest absolute Gasteiger partial charge is 0.123 e. The van der Waals surface area contributed by atoms with Crippen LogP contribution in [0.4, 0.5) is 4.39 Å². The largest absolute Gasteiger partial charge is 0.494 e. The summed E-state index contributed by atoms with van der Waals surface area (Å²) in [5.74, 6) is 1.63. The van der Waals surface area contributed by atoms with E-state index in [1.54, 1.807) is 12.1 Å². The highest BCUT2D eigenvalue weighted by Gasteiger charge is 1.96. The predicted molar refractivity (Wildman–Crippen MR) is 64.1 cm³/mol. The minimum atomic E-state index is -0.224. The van der Waals surface area contributed by atoms with Crippen molar-refractivity contribution in [3.63, 3.8) is 0 Å². The molecule has 0 aromatic heterocycles. The molecule has 0 saturated heterocycles. The fourth-order valence-corrected chi connectivity index (χ4v) is 1.85. The average Bonchev–Trinajstić information content (AvgIpc) is 2.20. The van der Waals surface area contributed by atoms with Gasteiger partial charge in [0.15, 0.2) is 0 Å². The Hall–Kier alpha value is -0.700. The maximum atomic E-state index is 12.6. The van der Waals surface area contributed by atoms with Crippen molar-refractivity contribution >= 4 is 11.8 Å². The third-order valence-electron chi connectivity index (χ3n) is 1.82. The topological polar surface area (TPSA) is 9.23 Å². The lowest BCUT2D eigenvalue weighted by atomic mass is 10.3. The van der Waals surface area contributed by atoms with Gasteiger partial charge in [-0.05, 0) is 41.7 Å². The third kappa shape index (κ3) is 5.67. The summed E-state index contributed by atoms with van der Waals surface area (Å²) in [6.07, 6.45) is 1.03. The monoisotopic (exact) mass is 228 g/mol. The van der Waals surface area contributed by atoms with Gasteiger partial charge in [0.05, 0.1) is 6.61 Å². The van der Waals surface area contributed by atoms with Crippen LogP contribution in [-0.4, -0.2) is 17.6 Å². The minimum absolute atomic E-state index is 0.224. The molecule has 0 unspecified atom stereocenters. The number of thioether (sulfide) groups is 1. The van der Waals surface area contributed by atoms with Gasteiger partial charge in [0.1, 0.15) is 11.6 Å². The Morgan fingerprint density at radius 2 is 1.93 bits per heavy atom. The van der Waals surface area contributed by atoms with Crippen LogP contribution in [0.2, 0.25) is 0 Å². The molecule has 1 rings (SSSR count). The van der Waals surface area contributed by atoms with Gasteiger partial charge in [0.25, 0.3) is 0 Å². The Kier molecular flexibility index (Phi) is 5.54. The van der Waals surface area contributed by atoms with E-state index >= 15 is 0 Å². The maximum absolute atomic E-state index is 12.6. The summed E-state index contributed by atoms with van der Waals surface area (Å²) in [7, 11) is 0. The van der Waals surface area contributed by atoms with E-state index in [0.717, 1.165) is 17.9 Å². The molecule has 0 aliphatic rings. The lowest BCUT2D eigenvalue weighted by Gasteiger charge is -2.07. The van der Waals surface area contributed by atoms with Crippen molar-refractivity contribution in [1.82, 2.24) is 0 Å². The zero-order chi connectivity index (χ0) is 11.1. The molecule has 0 spiro atoms. The van der Waals surface area contributed by atoms with Crippen molar-refractivity contribution in [2.75, 3.05) is 12.4 Å². The first kappa shape index (κ1) is 12.4. The molecule has 3 heteroatoms. The standard InChI is InChI=1S/C12H17FOS/c1-10(2)15-9-3-8-14-12-6-4-11(13)5-7-12/h4-7,10H,3,8-9H2,1-2H3. The van der Waals surface area contributed by atoms with Crippen molar-refractivity contribution in [2.45, 2.75) is 25.5 Å².